The van der Waals surface area contributed by atoms with Gasteiger partial charge in [-0.05, 0) is 18.2 Å². The number of aromatic hydroxyl groups is 1. The Morgan fingerprint density at radius 3 is 2.63 bits per heavy atom. The molecule has 4 N–H and O–H groups in total. The van der Waals surface area contributed by atoms with Crippen LogP contribution in [-0.4, -0.2) is 33.3 Å². The number of amides is 1. The topological polar surface area (TPSA) is 150 Å². The highest BCUT2D eigenvalue weighted by atomic mass is 16.6. The summed E-state index contributed by atoms with van der Waals surface area (Å²) in [6.07, 6.45) is 0.286. The lowest BCUT2D eigenvalue weighted by Gasteiger charge is -2.11. The average molecular weight is 370 g/mol. The Morgan fingerprint density at radius 1 is 1.22 bits per heavy atom. The van der Waals surface area contributed by atoms with E-state index < -0.39 is 23.3 Å². The highest BCUT2D eigenvalue weighted by molar-refractivity contribution is 5.68. The van der Waals surface area contributed by atoms with E-state index in [9.17, 15) is 14.7 Å². The molecule has 0 bridgehead atoms. The molecule has 0 aliphatic heterocycles. The van der Waals surface area contributed by atoms with Crippen LogP contribution in [0.5, 0.6) is 29.0 Å². The van der Waals surface area contributed by atoms with Crippen LogP contribution in [0.3, 0.4) is 0 Å². The minimum absolute atomic E-state index is 0.0154. The Balaban J connectivity index is 1.96. The number of rotatable bonds is 5. The standard InChI is InChI=1S/C17H14N4O6/c1-25-10-4-2-3-5-11(10)26-13-15(22)20-14(21-16(13)23)9-6-7-19-12(8-9)27-17(18)24/h2-8H,1H3,(H2,18,24)(H2,20,21,22,23). The molecule has 0 radical (unpaired) electrons. The summed E-state index contributed by atoms with van der Waals surface area (Å²) in [5.74, 6) is -0.489. The number of hydrogen-bond donors (Lipinski definition) is 3. The van der Waals surface area contributed by atoms with E-state index in [0.717, 1.165) is 0 Å². The summed E-state index contributed by atoms with van der Waals surface area (Å²) in [7, 11) is 1.45. The number of H-pyrrole nitrogens is 1. The molecule has 0 atom stereocenters. The number of hydrogen-bond acceptors (Lipinski definition) is 8. The van der Waals surface area contributed by atoms with Gasteiger partial charge in [0.1, 0.15) is 5.82 Å². The largest absolute Gasteiger partial charge is 0.493 e. The molecule has 1 aromatic carbocycles. The van der Waals surface area contributed by atoms with E-state index in [1.165, 1.54) is 25.4 Å². The van der Waals surface area contributed by atoms with Gasteiger partial charge < -0.3 is 30.0 Å². The maximum absolute atomic E-state index is 12.4. The Bertz CT molecular complexity index is 1050. The number of nitrogens with one attached hydrogen (secondary N) is 1. The van der Waals surface area contributed by atoms with E-state index in [2.05, 4.69) is 19.7 Å². The molecule has 0 spiro atoms. The van der Waals surface area contributed by atoms with Crippen molar-refractivity contribution >= 4 is 6.09 Å². The van der Waals surface area contributed by atoms with E-state index in [4.69, 9.17) is 15.2 Å². The van der Waals surface area contributed by atoms with Crippen molar-refractivity contribution < 1.29 is 24.1 Å². The van der Waals surface area contributed by atoms with E-state index in [-0.39, 0.29) is 17.5 Å². The third-order valence-corrected chi connectivity index (χ3v) is 3.35. The van der Waals surface area contributed by atoms with Gasteiger partial charge in [0.05, 0.1) is 7.11 Å². The Kier molecular flexibility index (Phi) is 4.88. The first-order chi connectivity index (χ1) is 13.0. The zero-order valence-electron chi connectivity index (χ0n) is 14.0. The number of para-hydroxylation sites is 2. The summed E-state index contributed by atoms with van der Waals surface area (Å²) in [4.78, 5) is 33.4. The van der Waals surface area contributed by atoms with E-state index in [1.54, 1.807) is 24.3 Å². The zero-order chi connectivity index (χ0) is 19.4. The quantitative estimate of drug-likeness (QED) is 0.615. The third kappa shape index (κ3) is 3.95. The van der Waals surface area contributed by atoms with Crippen molar-refractivity contribution in [2.24, 2.45) is 5.73 Å². The van der Waals surface area contributed by atoms with E-state index in [1.807, 2.05) is 0 Å². The number of ether oxygens (including phenoxy) is 3. The van der Waals surface area contributed by atoms with Gasteiger partial charge in [0.15, 0.2) is 11.5 Å². The van der Waals surface area contributed by atoms with Gasteiger partial charge in [0.2, 0.25) is 5.88 Å². The Hall–Kier alpha value is -4.08. The normalized spacial score (nSPS) is 10.3. The van der Waals surface area contributed by atoms with Gasteiger partial charge in [-0.3, -0.25) is 4.79 Å². The molecule has 0 saturated heterocycles. The summed E-state index contributed by atoms with van der Waals surface area (Å²) < 4.78 is 15.3. The second-order valence-corrected chi connectivity index (χ2v) is 5.12. The van der Waals surface area contributed by atoms with Crippen molar-refractivity contribution in [3.8, 4) is 40.4 Å². The Morgan fingerprint density at radius 2 is 1.96 bits per heavy atom. The summed E-state index contributed by atoms with van der Waals surface area (Å²) in [6.45, 7) is 0. The zero-order valence-corrected chi connectivity index (χ0v) is 14.0. The molecular weight excluding hydrogens is 356 g/mol. The molecule has 3 rings (SSSR count). The molecule has 10 nitrogen and oxygen atoms in total. The third-order valence-electron chi connectivity index (χ3n) is 3.35. The minimum Gasteiger partial charge on any atom is -0.493 e. The van der Waals surface area contributed by atoms with Crippen molar-refractivity contribution in [3.63, 3.8) is 0 Å². The van der Waals surface area contributed by atoms with Gasteiger partial charge in [-0.1, -0.05) is 12.1 Å². The highest BCUT2D eigenvalue weighted by Gasteiger charge is 2.16. The molecule has 1 amide bonds. The minimum atomic E-state index is -1.04. The van der Waals surface area contributed by atoms with Gasteiger partial charge in [0.25, 0.3) is 17.2 Å². The maximum Gasteiger partial charge on any atom is 0.411 e. The number of carbonyl (C=O) groups is 1. The highest BCUT2D eigenvalue weighted by Crippen LogP contribution is 2.33. The van der Waals surface area contributed by atoms with Crippen LogP contribution in [0.1, 0.15) is 0 Å². The van der Waals surface area contributed by atoms with Crippen LogP contribution in [0.2, 0.25) is 0 Å². The first-order valence-electron chi connectivity index (χ1n) is 7.56. The number of carbonyl (C=O) groups excluding carboxylic acids is 1. The molecule has 138 valence electrons. The fourth-order valence-corrected chi connectivity index (χ4v) is 2.21. The number of benzene rings is 1. The molecule has 2 aromatic heterocycles. The van der Waals surface area contributed by atoms with Crippen LogP contribution >= 0.6 is 0 Å². The molecule has 0 unspecified atom stereocenters. The second kappa shape index (κ2) is 7.44. The SMILES string of the molecule is COc1ccccc1Oc1c(O)nc(-c2ccnc(OC(N)=O)c2)[nH]c1=O. The van der Waals surface area contributed by atoms with Crippen LogP contribution < -0.4 is 25.5 Å². The van der Waals surface area contributed by atoms with Crippen molar-refractivity contribution in [2.75, 3.05) is 7.11 Å². The molecule has 3 aromatic rings. The van der Waals surface area contributed by atoms with Crippen molar-refractivity contribution in [2.45, 2.75) is 0 Å². The van der Waals surface area contributed by atoms with Crippen LogP contribution in [0.4, 0.5) is 4.79 Å². The predicted molar refractivity (Wildman–Crippen MR) is 93.0 cm³/mol. The van der Waals surface area contributed by atoms with Gasteiger partial charge in [-0.2, -0.15) is 4.98 Å². The molecule has 2 heterocycles. The molecule has 27 heavy (non-hydrogen) atoms. The van der Waals surface area contributed by atoms with Gasteiger partial charge in [0, 0.05) is 17.8 Å². The summed E-state index contributed by atoms with van der Waals surface area (Å²) >= 11 is 0. The summed E-state index contributed by atoms with van der Waals surface area (Å²) in [5.41, 5.74) is 4.54. The molecular formula is C17H14N4O6. The number of nitrogens with zero attached hydrogens (tertiary/aromatic N) is 2. The maximum atomic E-state index is 12.4. The second-order valence-electron chi connectivity index (χ2n) is 5.12. The first kappa shape index (κ1) is 17.7. The number of methoxy groups -OCH3 is 1. The number of pyridine rings is 1. The fraction of sp³-hybridized carbons (Fsp3) is 0.0588. The molecule has 0 aliphatic carbocycles. The fourth-order valence-electron chi connectivity index (χ4n) is 2.21. The predicted octanol–water partition coefficient (Wildman–Crippen LogP) is 1.80. The van der Waals surface area contributed by atoms with Crippen molar-refractivity contribution in [1.82, 2.24) is 15.0 Å². The van der Waals surface area contributed by atoms with Crippen LogP contribution in [-0.2, 0) is 0 Å². The lowest BCUT2D eigenvalue weighted by atomic mass is 10.2. The smallest absolute Gasteiger partial charge is 0.411 e. The van der Waals surface area contributed by atoms with Crippen molar-refractivity contribution in [3.05, 3.63) is 52.9 Å². The van der Waals surface area contributed by atoms with Gasteiger partial charge >= 0.3 is 6.09 Å². The van der Waals surface area contributed by atoms with Crippen LogP contribution in [0, 0.1) is 0 Å². The van der Waals surface area contributed by atoms with Crippen LogP contribution in [0.25, 0.3) is 11.4 Å². The number of aromatic amines is 1. The monoisotopic (exact) mass is 370 g/mol. The van der Waals surface area contributed by atoms with E-state index in [0.29, 0.717) is 11.3 Å². The molecule has 0 aliphatic rings. The first-order valence-corrected chi connectivity index (χ1v) is 7.56. The Labute approximate surface area is 152 Å². The van der Waals surface area contributed by atoms with Crippen molar-refractivity contribution in [1.29, 1.82) is 0 Å². The average Bonchev–Trinajstić information content (AvgIpc) is 2.64. The van der Waals surface area contributed by atoms with E-state index >= 15 is 0 Å². The lowest BCUT2D eigenvalue weighted by molar-refractivity contribution is 0.209. The van der Waals surface area contributed by atoms with Gasteiger partial charge in [-0.25, -0.2) is 9.78 Å². The summed E-state index contributed by atoms with van der Waals surface area (Å²) in [6, 6.07) is 9.44. The molecule has 10 heteroatoms. The van der Waals surface area contributed by atoms with Crippen LogP contribution in [0.15, 0.2) is 47.4 Å². The number of aromatic nitrogens is 3. The number of nitrogens with two attached hydrogens (primary N) is 1. The summed E-state index contributed by atoms with van der Waals surface area (Å²) in [5, 5.41) is 10.2. The molecule has 0 saturated carbocycles. The lowest BCUT2D eigenvalue weighted by Crippen LogP contribution is -2.17. The number of primary amides is 1. The molecule has 0 fully saturated rings. The van der Waals surface area contributed by atoms with Gasteiger partial charge in [-0.15, -0.1) is 0 Å².